The van der Waals surface area contributed by atoms with Gasteiger partial charge in [-0.2, -0.15) is 0 Å². The summed E-state index contributed by atoms with van der Waals surface area (Å²) in [7, 11) is 0. The number of aryl methyl sites for hydroxylation is 2. The minimum absolute atomic E-state index is 0.372. The van der Waals surface area contributed by atoms with Crippen molar-refractivity contribution in [3.8, 4) is 11.5 Å². The lowest BCUT2D eigenvalue weighted by atomic mass is 9.76. The first kappa shape index (κ1) is 19.4. The monoisotopic (exact) mass is 434 g/mol. The summed E-state index contributed by atoms with van der Waals surface area (Å²) in [6, 6.07) is 25.3. The second-order valence-corrected chi connectivity index (χ2v) is 8.54. The molecule has 0 fully saturated rings. The molecule has 2 aliphatic rings. The van der Waals surface area contributed by atoms with Crippen LogP contribution in [0.15, 0.2) is 78.9 Å². The predicted octanol–water partition coefficient (Wildman–Crippen LogP) is 6.20. The van der Waals surface area contributed by atoms with Gasteiger partial charge in [0.2, 0.25) is 0 Å². The van der Waals surface area contributed by atoms with Crippen LogP contribution in [0.5, 0.6) is 11.5 Å². The van der Waals surface area contributed by atoms with Crippen LogP contribution in [0.1, 0.15) is 38.2 Å². The van der Waals surface area contributed by atoms with Gasteiger partial charge in [-0.1, -0.05) is 42.5 Å². The van der Waals surface area contributed by atoms with Gasteiger partial charge >= 0.3 is 5.97 Å². The topological polar surface area (TPSA) is 73.6 Å². The van der Waals surface area contributed by atoms with Crippen LogP contribution in [0.2, 0.25) is 0 Å². The average molecular weight is 434 g/mol. The summed E-state index contributed by atoms with van der Waals surface area (Å²) in [5, 5.41) is 3.49. The van der Waals surface area contributed by atoms with E-state index >= 15 is 0 Å². The van der Waals surface area contributed by atoms with Gasteiger partial charge < -0.3 is 20.5 Å². The Balaban J connectivity index is 1.66. The number of fused-ring (bicyclic) bond motifs is 6. The van der Waals surface area contributed by atoms with Crippen LogP contribution in [0.25, 0.3) is 0 Å². The molecule has 0 aliphatic carbocycles. The highest BCUT2D eigenvalue weighted by molar-refractivity contribution is 5.97. The lowest BCUT2D eigenvalue weighted by Gasteiger charge is -2.38. The maximum absolute atomic E-state index is 13.1. The molecule has 3 N–H and O–H groups in total. The average Bonchev–Trinajstić information content (AvgIpc) is 3.11. The molecule has 33 heavy (non-hydrogen) atoms. The van der Waals surface area contributed by atoms with E-state index in [1.807, 2.05) is 86.6 Å². The highest BCUT2D eigenvalue weighted by Gasteiger charge is 2.54. The van der Waals surface area contributed by atoms with Crippen molar-refractivity contribution < 1.29 is 14.3 Å². The first-order valence-corrected chi connectivity index (χ1v) is 10.9. The Bertz CT molecular complexity index is 1450. The molecule has 0 saturated heterocycles. The molecule has 0 saturated carbocycles. The van der Waals surface area contributed by atoms with Gasteiger partial charge in [0.1, 0.15) is 11.5 Å². The van der Waals surface area contributed by atoms with Crippen molar-refractivity contribution in [1.29, 1.82) is 0 Å². The molecular weight excluding hydrogens is 412 g/mol. The molecule has 162 valence electrons. The lowest BCUT2D eigenvalue weighted by Crippen LogP contribution is -2.34. The molecule has 4 aromatic carbocycles. The van der Waals surface area contributed by atoms with E-state index in [0.717, 1.165) is 33.6 Å². The molecular formula is C28H22N2O3. The summed E-state index contributed by atoms with van der Waals surface area (Å²) >= 11 is 0. The van der Waals surface area contributed by atoms with E-state index in [1.165, 1.54) is 0 Å². The SMILES string of the molecule is Cc1cc2c(cc1Nc1ccccc1)C1(OC(=O)c3ccccc31)c1c(ccc(C)c1N)O2. The molecule has 2 heterocycles. The zero-order chi connectivity index (χ0) is 22.7. The Hall–Kier alpha value is -4.25. The number of nitrogens with one attached hydrogen (secondary N) is 1. The first-order valence-electron chi connectivity index (χ1n) is 10.9. The number of ether oxygens (including phenoxy) is 2. The van der Waals surface area contributed by atoms with E-state index in [9.17, 15) is 4.79 Å². The Labute approximate surface area is 191 Å². The van der Waals surface area contributed by atoms with Gasteiger partial charge in [0.25, 0.3) is 0 Å². The maximum Gasteiger partial charge on any atom is 0.340 e. The molecule has 4 aromatic rings. The highest BCUT2D eigenvalue weighted by atomic mass is 16.6. The third-order valence-electron chi connectivity index (χ3n) is 6.53. The Kier molecular flexibility index (Phi) is 4.05. The van der Waals surface area contributed by atoms with Gasteiger partial charge in [-0.25, -0.2) is 4.79 Å². The van der Waals surface area contributed by atoms with Crippen LogP contribution in [0, 0.1) is 13.8 Å². The largest absolute Gasteiger partial charge is 0.456 e. The van der Waals surface area contributed by atoms with E-state index in [4.69, 9.17) is 15.2 Å². The number of anilines is 3. The number of nitrogen functional groups attached to an aromatic ring is 1. The second-order valence-electron chi connectivity index (χ2n) is 8.54. The van der Waals surface area contributed by atoms with E-state index in [1.54, 1.807) is 6.07 Å². The van der Waals surface area contributed by atoms with Crippen molar-refractivity contribution in [3.05, 3.63) is 112 Å². The van der Waals surface area contributed by atoms with Crippen LogP contribution in [-0.2, 0) is 10.3 Å². The highest BCUT2D eigenvalue weighted by Crippen LogP contribution is 2.58. The molecule has 0 aromatic heterocycles. The number of rotatable bonds is 2. The van der Waals surface area contributed by atoms with Crippen molar-refractivity contribution in [3.63, 3.8) is 0 Å². The molecule has 5 heteroatoms. The van der Waals surface area contributed by atoms with E-state index in [0.29, 0.717) is 28.3 Å². The van der Waals surface area contributed by atoms with Gasteiger partial charge in [0.05, 0.1) is 11.1 Å². The summed E-state index contributed by atoms with van der Waals surface area (Å²) in [4.78, 5) is 13.1. The van der Waals surface area contributed by atoms with Gasteiger partial charge in [0.15, 0.2) is 5.60 Å². The van der Waals surface area contributed by atoms with E-state index in [2.05, 4.69) is 5.32 Å². The first-order chi connectivity index (χ1) is 16.0. The number of carbonyl (C=O) groups excluding carboxylic acids is 1. The maximum atomic E-state index is 13.1. The molecule has 1 atom stereocenters. The fourth-order valence-electron chi connectivity index (χ4n) is 4.86. The van der Waals surface area contributed by atoms with Crippen molar-refractivity contribution in [2.24, 2.45) is 0 Å². The minimum Gasteiger partial charge on any atom is -0.456 e. The fourth-order valence-corrected chi connectivity index (χ4v) is 4.86. The Morgan fingerprint density at radius 1 is 0.818 bits per heavy atom. The van der Waals surface area contributed by atoms with Gasteiger partial charge in [-0.05, 0) is 61.4 Å². The Morgan fingerprint density at radius 2 is 1.58 bits per heavy atom. The minimum atomic E-state index is -1.19. The standard InChI is InChI=1S/C28H22N2O3/c1-16-12-13-23-25(26(16)29)28(20-11-7-6-10-19(20)27(31)33-28)21-15-22(17(2)14-24(21)32-23)30-18-8-4-3-5-9-18/h3-15,30H,29H2,1-2H3. The number of carbonyl (C=O) groups is 1. The Morgan fingerprint density at radius 3 is 2.39 bits per heavy atom. The molecule has 1 spiro atoms. The molecule has 2 aliphatic heterocycles. The second kappa shape index (κ2) is 6.87. The zero-order valence-electron chi connectivity index (χ0n) is 18.3. The molecule has 0 bridgehead atoms. The number of hydrogen-bond acceptors (Lipinski definition) is 5. The summed E-state index contributed by atoms with van der Waals surface area (Å²) in [5.41, 5.74) is 12.5. The molecule has 1 unspecified atom stereocenters. The molecule has 0 radical (unpaired) electrons. The van der Waals surface area contributed by atoms with Crippen LogP contribution in [0.4, 0.5) is 17.1 Å². The number of benzene rings is 4. The molecule has 6 rings (SSSR count). The van der Waals surface area contributed by atoms with Crippen molar-refractivity contribution in [1.82, 2.24) is 0 Å². The van der Waals surface area contributed by atoms with Crippen LogP contribution in [-0.4, -0.2) is 5.97 Å². The van der Waals surface area contributed by atoms with Gasteiger partial charge in [-0.3, -0.25) is 0 Å². The van der Waals surface area contributed by atoms with Crippen molar-refractivity contribution >= 4 is 23.0 Å². The molecule has 5 nitrogen and oxygen atoms in total. The summed E-state index contributed by atoms with van der Waals surface area (Å²) in [6.07, 6.45) is 0. The number of esters is 1. The van der Waals surface area contributed by atoms with Crippen LogP contribution < -0.4 is 15.8 Å². The number of nitrogens with two attached hydrogens (primary N) is 1. The number of hydrogen-bond donors (Lipinski definition) is 2. The predicted molar refractivity (Wildman–Crippen MR) is 128 cm³/mol. The van der Waals surface area contributed by atoms with Gasteiger partial charge in [-0.15, -0.1) is 0 Å². The van der Waals surface area contributed by atoms with Crippen LogP contribution >= 0.6 is 0 Å². The third-order valence-corrected chi connectivity index (χ3v) is 6.53. The van der Waals surface area contributed by atoms with Gasteiger partial charge in [0, 0.05) is 28.2 Å². The summed E-state index contributed by atoms with van der Waals surface area (Å²) in [5.74, 6) is 0.869. The van der Waals surface area contributed by atoms with Crippen molar-refractivity contribution in [2.45, 2.75) is 19.4 Å². The van der Waals surface area contributed by atoms with E-state index in [-0.39, 0.29) is 5.97 Å². The van der Waals surface area contributed by atoms with Crippen LogP contribution in [0.3, 0.4) is 0 Å². The smallest absolute Gasteiger partial charge is 0.340 e. The third kappa shape index (κ3) is 2.69. The normalized spacial score (nSPS) is 17.6. The zero-order valence-corrected chi connectivity index (χ0v) is 18.3. The van der Waals surface area contributed by atoms with E-state index < -0.39 is 5.60 Å². The number of para-hydroxylation sites is 1. The molecule has 0 amide bonds. The fraction of sp³-hybridized carbons (Fsp3) is 0.107. The summed E-state index contributed by atoms with van der Waals surface area (Å²) in [6.45, 7) is 3.97. The lowest BCUT2D eigenvalue weighted by molar-refractivity contribution is 0.0227. The summed E-state index contributed by atoms with van der Waals surface area (Å²) < 4.78 is 12.6. The quantitative estimate of drug-likeness (QED) is 0.290. The van der Waals surface area contributed by atoms with Crippen molar-refractivity contribution in [2.75, 3.05) is 11.1 Å².